The Morgan fingerprint density at radius 3 is 2.02 bits per heavy atom. The molecule has 2 unspecified atom stereocenters. The molecule has 0 radical (unpaired) electrons. The normalized spacial score (nSPS) is 38.7. The summed E-state index contributed by atoms with van der Waals surface area (Å²) in [4.78, 5) is 68.8. The molecule has 22 nitrogen and oxygen atoms in total. The summed E-state index contributed by atoms with van der Waals surface area (Å²) in [7, 11) is -10.2. The number of H-pyrrole nitrogens is 2. The molecule has 10 atom stereocenters. The minimum Gasteiger partial charge on any atom is -0.386 e. The highest BCUT2D eigenvalue weighted by atomic mass is 31.2. The van der Waals surface area contributed by atoms with Crippen LogP contribution < -0.4 is 22.5 Å². The van der Waals surface area contributed by atoms with E-state index < -0.39 is 94.7 Å². The number of imidazole rings is 1. The fraction of sp³-hybridized carbons (Fsp3) is 0.526. The van der Waals surface area contributed by atoms with Gasteiger partial charge in [-0.15, -0.1) is 0 Å². The number of nitrogens with zero attached hydrogens (tertiary/aromatic N) is 4. The third kappa shape index (κ3) is 5.64. The first-order chi connectivity index (χ1) is 20.2. The predicted octanol–water partition coefficient (Wildman–Crippen LogP) is -3.21. The molecule has 3 aliphatic heterocycles. The zero-order chi connectivity index (χ0) is 30.8. The lowest BCUT2D eigenvalue weighted by atomic mass is 10.1. The monoisotopic (exact) mass is 651 g/mol. The zero-order valence-electron chi connectivity index (χ0n) is 21.3. The van der Waals surface area contributed by atoms with E-state index in [-0.39, 0.29) is 17.1 Å². The second-order valence-electron chi connectivity index (χ2n) is 9.57. The van der Waals surface area contributed by atoms with Crippen molar-refractivity contribution in [1.29, 1.82) is 0 Å². The summed E-state index contributed by atoms with van der Waals surface area (Å²) in [5.74, 6) is -0.285. The number of phosphoric acid groups is 2. The number of anilines is 1. The molecule has 0 aliphatic carbocycles. The lowest BCUT2D eigenvalue weighted by Crippen LogP contribution is -2.40. The average molecular weight is 651 g/mol. The number of aromatic nitrogens is 6. The number of aromatic amines is 2. The van der Waals surface area contributed by atoms with Crippen molar-refractivity contribution in [2.45, 2.75) is 49.1 Å². The van der Waals surface area contributed by atoms with Crippen LogP contribution in [0.3, 0.4) is 0 Å². The molecule has 3 aliphatic rings. The summed E-state index contributed by atoms with van der Waals surface area (Å²) < 4.78 is 59.3. The minimum absolute atomic E-state index is 0.127. The van der Waals surface area contributed by atoms with Gasteiger partial charge in [-0.3, -0.25) is 46.8 Å². The minimum atomic E-state index is -5.10. The number of ether oxygens (including phenoxy) is 2. The molecular weight excluding hydrogens is 628 g/mol. The van der Waals surface area contributed by atoms with Gasteiger partial charge in [0.05, 0.1) is 19.5 Å². The van der Waals surface area contributed by atoms with Gasteiger partial charge in [0, 0.05) is 12.3 Å². The van der Waals surface area contributed by atoms with Gasteiger partial charge < -0.3 is 35.2 Å². The van der Waals surface area contributed by atoms with Crippen molar-refractivity contribution < 1.29 is 56.7 Å². The molecule has 0 saturated carbocycles. The number of aliphatic hydroxyl groups excluding tert-OH is 2. The van der Waals surface area contributed by atoms with Crippen LogP contribution in [0.4, 0.5) is 5.95 Å². The van der Waals surface area contributed by atoms with Gasteiger partial charge in [0.25, 0.3) is 11.1 Å². The van der Waals surface area contributed by atoms with Gasteiger partial charge in [0.2, 0.25) is 5.95 Å². The van der Waals surface area contributed by atoms with Gasteiger partial charge in [-0.05, 0) is 0 Å². The van der Waals surface area contributed by atoms with Crippen molar-refractivity contribution in [3.8, 4) is 0 Å². The highest BCUT2D eigenvalue weighted by Crippen LogP contribution is 2.53. The van der Waals surface area contributed by atoms with Crippen LogP contribution in [-0.4, -0.2) is 98.9 Å². The zero-order valence-corrected chi connectivity index (χ0v) is 23.1. The first-order valence-electron chi connectivity index (χ1n) is 12.3. The Morgan fingerprint density at radius 2 is 1.47 bits per heavy atom. The molecular formula is C19H23N7O15P2. The van der Waals surface area contributed by atoms with Crippen molar-refractivity contribution >= 4 is 32.8 Å². The molecule has 3 aromatic heterocycles. The lowest BCUT2D eigenvalue weighted by Gasteiger charge is -2.27. The third-order valence-electron chi connectivity index (χ3n) is 6.78. The summed E-state index contributed by atoms with van der Waals surface area (Å²) in [5, 5.41) is 21.9. The van der Waals surface area contributed by atoms with Gasteiger partial charge in [-0.25, -0.2) is 18.9 Å². The van der Waals surface area contributed by atoms with Crippen LogP contribution in [-0.2, 0) is 36.7 Å². The summed E-state index contributed by atoms with van der Waals surface area (Å²) in [6.45, 7) is -1.79. The fourth-order valence-corrected chi connectivity index (χ4v) is 6.82. The van der Waals surface area contributed by atoms with Crippen LogP contribution in [0.5, 0.6) is 0 Å². The van der Waals surface area contributed by atoms with Crippen LogP contribution in [0, 0.1) is 0 Å². The SMILES string of the molecule is Nc1nc2c(ncn2[C@@H]2O[C@@H]3COP(=O)(O)O[C@@H]4[C@H](O)[C@@H](n5ccc(=O)[nH]c5=O)O[C@@H]4COP(=O)(O)O[C@H]3[C@H]2O)c(=O)[nH]1. The van der Waals surface area contributed by atoms with Crippen LogP contribution >= 0.6 is 15.6 Å². The van der Waals surface area contributed by atoms with Gasteiger partial charge in [0.15, 0.2) is 23.6 Å². The van der Waals surface area contributed by atoms with Crippen LogP contribution in [0.15, 0.2) is 33.0 Å². The molecule has 43 heavy (non-hydrogen) atoms. The van der Waals surface area contributed by atoms with E-state index in [0.29, 0.717) is 0 Å². The molecule has 0 amide bonds. The van der Waals surface area contributed by atoms with Gasteiger partial charge in [0.1, 0.15) is 36.6 Å². The molecule has 6 rings (SSSR count). The number of nitrogen functional groups attached to an aromatic ring is 1. The molecule has 0 spiro atoms. The highest BCUT2D eigenvalue weighted by Gasteiger charge is 2.53. The van der Waals surface area contributed by atoms with Crippen LogP contribution in [0.25, 0.3) is 11.2 Å². The standard InChI is InChI=1S/C19H23N7O15P2/c20-18-23-14-9(15(30)24-18)21-5-26(14)17-11(29)13-7(39-17)4-37-42(32,33)40-12-6(3-36-43(34,35)41-13)38-16(10(12)28)25-2-1-8(27)22-19(25)31/h1-2,5-7,10-13,16-17,28-29H,3-4H2,(H,32,33)(H,34,35)(H,22,27,31)(H3,20,23,24,30)/t6-,7-,10+,11-,12+,13-,16+,17-/m1/s1. The van der Waals surface area contributed by atoms with E-state index in [9.17, 15) is 43.5 Å². The first-order valence-corrected chi connectivity index (χ1v) is 15.2. The summed E-state index contributed by atoms with van der Waals surface area (Å²) >= 11 is 0. The van der Waals surface area contributed by atoms with E-state index in [2.05, 4.69) is 15.0 Å². The second-order valence-corrected chi connectivity index (χ2v) is 12.4. The Labute approximate surface area is 236 Å². The van der Waals surface area contributed by atoms with Crippen LogP contribution in [0.1, 0.15) is 12.5 Å². The number of nitrogens with one attached hydrogen (secondary N) is 2. The van der Waals surface area contributed by atoms with E-state index in [1.54, 1.807) is 0 Å². The van der Waals surface area contributed by atoms with Gasteiger partial charge in [-0.2, -0.15) is 4.98 Å². The molecule has 3 aromatic rings. The molecule has 24 heteroatoms. The number of nitrogens with two attached hydrogens (primary N) is 1. The highest BCUT2D eigenvalue weighted by molar-refractivity contribution is 7.47. The van der Waals surface area contributed by atoms with Crippen molar-refractivity contribution in [3.63, 3.8) is 0 Å². The Hall–Kier alpha value is -3.11. The molecule has 0 aromatic carbocycles. The molecule has 3 saturated heterocycles. The van der Waals surface area contributed by atoms with Crippen molar-refractivity contribution in [2.24, 2.45) is 0 Å². The average Bonchev–Trinajstić information content (AvgIpc) is 3.56. The summed E-state index contributed by atoms with van der Waals surface area (Å²) in [6, 6.07) is 0.947. The Bertz CT molecular complexity index is 1820. The van der Waals surface area contributed by atoms with Crippen molar-refractivity contribution in [3.05, 3.63) is 49.8 Å². The van der Waals surface area contributed by atoms with E-state index in [1.807, 2.05) is 4.98 Å². The Kier molecular flexibility index (Phi) is 7.52. The number of hydrogen-bond donors (Lipinski definition) is 7. The second kappa shape index (κ2) is 10.8. The number of phosphoric ester groups is 2. The number of hydrogen-bond acceptors (Lipinski definition) is 16. The molecule has 8 N–H and O–H groups in total. The molecule has 6 heterocycles. The maximum atomic E-state index is 12.9. The Balaban J connectivity index is 1.29. The molecule has 3 fully saturated rings. The maximum Gasteiger partial charge on any atom is 0.472 e. The van der Waals surface area contributed by atoms with E-state index in [1.165, 1.54) is 0 Å². The van der Waals surface area contributed by atoms with E-state index in [0.717, 1.165) is 27.7 Å². The van der Waals surface area contributed by atoms with Crippen molar-refractivity contribution in [2.75, 3.05) is 18.9 Å². The number of aliphatic hydroxyl groups is 2. The molecule has 234 valence electrons. The lowest BCUT2D eigenvalue weighted by molar-refractivity contribution is -0.0675. The number of rotatable bonds is 2. The fourth-order valence-electron chi connectivity index (χ4n) is 4.89. The third-order valence-corrected chi connectivity index (χ3v) is 8.75. The smallest absolute Gasteiger partial charge is 0.386 e. The maximum absolute atomic E-state index is 12.9. The first kappa shape index (κ1) is 29.9. The largest absolute Gasteiger partial charge is 0.472 e. The summed E-state index contributed by atoms with van der Waals surface area (Å²) in [6.07, 6.45) is -11.3. The van der Waals surface area contributed by atoms with E-state index >= 15 is 0 Å². The Morgan fingerprint density at radius 1 is 0.907 bits per heavy atom. The topological polar surface area (TPSA) is 315 Å². The van der Waals surface area contributed by atoms with Crippen molar-refractivity contribution in [1.82, 2.24) is 29.1 Å². The number of fused-ring (bicyclic) bond motifs is 3. The quantitative estimate of drug-likeness (QED) is 0.134. The van der Waals surface area contributed by atoms with Gasteiger partial charge >= 0.3 is 21.3 Å². The molecule has 0 bridgehead atoms. The predicted molar refractivity (Wildman–Crippen MR) is 135 cm³/mol. The van der Waals surface area contributed by atoms with Crippen LogP contribution in [0.2, 0.25) is 0 Å². The summed E-state index contributed by atoms with van der Waals surface area (Å²) in [5.41, 5.74) is 2.85. The van der Waals surface area contributed by atoms with Gasteiger partial charge in [-0.1, -0.05) is 0 Å². The van der Waals surface area contributed by atoms with E-state index in [4.69, 9.17) is 33.3 Å².